The number of nitrogens with one attached hydrogen (secondary N) is 1. The first-order valence-electron chi connectivity index (χ1n) is 8.45. The molecule has 0 saturated carbocycles. The number of anilines is 1. The molecule has 1 N–H and O–H groups in total. The minimum atomic E-state index is -0.126. The topological polar surface area (TPSA) is 21.3 Å². The molecule has 0 saturated heterocycles. The van der Waals surface area contributed by atoms with E-state index in [1.54, 1.807) is 0 Å². The third-order valence-corrected chi connectivity index (χ3v) is 5.40. The van der Waals surface area contributed by atoms with Gasteiger partial charge in [-0.2, -0.15) is 0 Å². The molecule has 0 aromatic heterocycles. The van der Waals surface area contributed by atoms with Gasteiger partial charge in [0, 0.05) is 11.3 Å². The Morgan fingerprint density at radius 2 is 1.67 bits per heavy atom. The molecular weight excluding hydrogens is 294 g/mol. The molecule has 3 aromatic carbocycles. The van der Waals surface area contributed by atoms with Crippen molar-refractivity contribution in [1.82, 2.24) is 0 Å². The SMILES string of the molecule is C[C@]12c3ccccc3N[C@H]1Oc1ccc(Cc3ccccc3)cc12. The first kappa shape index (κ1) is 13.7. The lowest BCUT2D eigenvalue weighted by atomic mass is 9.77. The molecule has 0 bridgehead atoms. The molecule has 0 spiro atoms. The molecule has 2 heterocycles. The molecular formula is C22H19NO. The van der Waals surface area contributed by atoms with Gasteiger partial charge in [0.15, 0.2) is 6.23 Å². The summed E-state index contributed by atoms with van der Waals surface area (Å²) >= 11 is 0. The summed E-state index contributed by atoms with van der Waals surface area (Å²) in [6, 6.07) is 25.8. The Bertz CT molecular complexity index is 918. The predicted octanol–water partition coefficient (Wildman–Crippen LogP) is 4.73. The molecule has 2 aliphatic heterocycles. The quantitative estimate of drug-likeness (QED) is 0.738. The Morgan fingerprint density at radius 1 is 0.875 bits per heavy atom. The number of hydrogen-bond donors (Lipinski definition) is 1. The molecule has 0 aliphatic carbocycles. The van der Waals surface area contributed by atoms with Crippen LogP contribution in [0.25, 0.3) is 0 Å². The van der Waals surface area contributed by atoms with Gasteiger partial charge in [-0.3, -0.25) is 0 Å². The minimum absolute atomic E-state index is 0.0168. The van der Waals surface area contributed by atoms with Crippen LogP contribution in [0.5, 0.6) is 5.75 Å². The molecule has 0 amide bonds. The van der Waals surface area contributed by atoms with E-state index in [0.29, 0.717) is 0 Å². The lowest BCUT2D eigenvalue weighted by Crippen LogP contribution is -2.35. The summed E-state index contributed by atoms with van der Waals surface area (Å²) < 4.78 is 6.21. The van der Waals surface area contributed by atoms with Crippen LogP contribution >= 0.6 is 0 Å². The zero-order chi connectivity index (χ0) is 16.1. The number of fused-ring (bicyclic) bond motifs is 5. The van der Waals surface area contributed by atoms with Crippen molar-refractivity contribution in [3.05, 3.63) is 95.1 Å². The van der Waals surface area contributed by atoms with Crippen molar-refractivity contribution in [2.24, 2.45) is 0 Å². The van der Waals surface area contributed by atoms with Gasteiger partial charge in [0.2, 0.25) is 0 Å². The molecule has 118 valence electrons. The van der Waals surface area contributed by atoms with Crippen molar-refractivity contribution in [3.8, 4) is 5.75 Å². The van der Waals surface area contributed by atoms with Gasteiger partial charge >= 0.3 is 0 Å². The second-order valence-electron chi connectivity index (χ2n) is 6.88. The summed E-state index contributed by atoms with van der Waals surface area (Å²) in [5, 5.41) is 3.53. The van der Waals surface area contributed by atoms with Crippen molar-refractivity contribution in [2.75, 3.05) is 5.32 Å². The van der Waals surface area contributed by atoms with Crippen LogP contribution in [0.1, 0.15) is 29.2 Å². The van der Waals surface area contributed by atoms with Gasteiger partial charge < -0.3 is 10.1 Å². The second-order valence-corrected chi connectivity index (χ2v) is 6.88. The van der Waals surface area contributed by atoms with Gasteiger partial charge in [-0.25, -0.2) is 0 Å². The molecule has 3 aromatic rings. The molecule has 24 heavy (non-hydrogen) atoms. The highest BCUT2D eigenvalue weighted by molar-refractivity contribution is 5.69. The van der Waals surface area contributed by atoms with Crippen LogP contribution in [-0.2, 0) is 11.8 Å². The third kappa shape index (κ3) is 1.83. The molecule has 0 unspecified atom stereocenters. The van der Waals surface area contributed by atoms with Gasteiger partial charge in [0.25, 0.3) is 0 Å². The largest absolute Gasteiger partial charge is 0.469 e. The number of rotatable bonds is 2. The average molecular weight is 313 g/mol. The number of para-hydroxylation sites is 1. The van der Waals surface area contributed by atoms with Gasteiger partial charge in [0.1, 0.15) is 5.75 Å². The fraction of sp³-hybridized carbons (Fsp3) is 0.182. The molecule has 2 aliphatic rings. The van der Waals surface area contributed by atoms with Crippen molar-refractivity contribution in [1.29, 1.82) is 0 Å². The Kier molecular flexibility index (Phi) is 2.78. The monoisotopic (exact) mass is 313 g/mol. The molecule has 2 nitrogen and oxygen atoms in total. The normalized spacial score (nSPS) is 23.0. The summed E-state index contributed by atoms with van der Waals surface area (Å²) in [5.41, 5.74) is 6.34. The average Bonchev–Trinajstić information content (AvgIpc) is 3.05. The summed E-state index contributed by atoms with van der Waals surface area (Å²) in [5.74, 6) is 1.00. The molecule has 2 heteroatoms. The van der Waals surface area contributed by atoms with Crippen molar-refractivity contribution < 1.29 is 4.74 Å². The van der Waals surface area contributed by atoms with Crippen LogP contribution in [0.4, 0.5) is 5.69 Å². The van der Waals surface area contributed by atoms with E-state index < -0.39 is 0 Å². The second kappa shape index (κ2) is 4.88. The van der Waals surface area contributed by atoms with E-state index >= 15 is 0 Å². The lowest BCUT2D eigenvalue weighted by molar-refractivity contribution is 0.217. The lowest BCUT2D eigenvalue weighted by Gasteiger charge is -2.23. The summed E-state index contributed by atoms with van der Waals surface area (Å²) in [4.78, 5) is 0. The first-order chi connectivity index (χ1) is 11.7. The summed E-state index contributed by atoms with van der Waals surface area (Å²) in [7, 11) is 0. The fourth-order valence-electron chi connectivity index (χ4n) is 4.08. The minimum Gasteiger partial charge on any atom is -0.469 e. The van der Waals surface area contributed by atoms with E-state index in [1.807, 2.05) is 0 Å². The predicted molar refractivity (Wildman–Crippen MR) is 96.6 cm³/mol. The highest BCUT2D eigenvalue weighted by Crippen LogP contribution is 2.53. The standard InChI is InChI=1S/C22H19NO/c1-22-17-9-5-6-10-19(17)23-21(22)24-20-12-11-16(14-18(20)22)13-15-7-3-2-4-8-15/h2-12,14,21,23H,13H2,1H3/t21-,22+/m0/s1. The molecule has 2 atom stereocenters. The Morgan fingerprint density at radius 3 is 2.54 bits per heavy atom. The van der Waals surface area contributed by atoms with Crippen molar-refractivity contribution >= 4 is 5.69 Å². The molecule has 0 fully saturated rings. The maximum atomic E-state index is 6.21. The van der Waals surface area contributed by atoms with Crippen LogP contribution in [0.3, 0.4) is 0 Å². The zero-order valence-electron chi connectivity index (χ0n) is 13.6. The Hall–Kier alpha value is -2.74. The van der Waals surface area contributed by atoms with Gasteiger partial charge in [-0.1, -0.05) is 60.7 Å². The number of hydrogen-bond acceptors (Lipinski definition) is 2. The van der Waals surface area contributed by atoms with E-state index in [0.717, 1.165) is 12.2 Å². The summed E-state index contributed by atoms with van der Waals surface area (Å²) in [6.45, 7) is 2.29. The highest BCUT2D eigenvalue weighted by atomic mass is 16.5. The van der Waals surface area contributed by atoms with E-state index in [4.69, 9.17) is 4.74 Å². The van der Waals surface area contributed by atoms with Gasteiger partial charge in [0.05, 0.1) is 5.41 Å². The van der Waals surface area contributed by atoms with Crippen LogP contribution in [0.15, 0.2) is 72.8 Å². The van der Waals surface area contributed by atoms with E-state index in [-0.39, 0.29) is 11.6 Å². The number of ether oxygens (including phenoxy) is 1. The number of benzene rings is 3. The van der Waals surface area contributed by atoms with Crippen LogP contribution in [0, 0.1) is 0 Å². The molecule has 5 rings (SSSR count). The Labute approximate surface area is 142 Å². The van der Waals surface area contributed by atoms with E-state index in [9.17, 15) is 0 Å². The summed E-state index contributed by atoms with van der Waals surface area (Å²) in [6.07, 6.45) is 0.932. The van der Waals surface area contributed by atoms with Crippen LogP contribution in [0.2, 0.25) is 0 Å². The van der Waals surface area contributed by atoms with Gasteiger partial charge in [-0.15, -0.1) is 0 Å². The zero-order valence-corrected chi connectivity index (χ0v) is 13.6. The van der Waals surface area contributed by atoms with E-state index in [2.05, 4.69) is 85.0 Å². The van der Waals surface area contributed by atoms with E-state index in [1.165, 1.54) is 27.9 Å². The third-order valence-electron chi connectivity index (χ3n) is 5.40. The smallest absolute Gasteiger partial charge is 0.183 e. The highest BCUT2D eigenvalue weighted by Gasteiger charge is 2.52. The van der Waals surface area contributed by atoms with Crippen LogP contribution < -0.4 is 10.1 Å². The van der Waals surface area contributed by atoms with Crippen molar-refractivity contribution in [2.45, 2.75) is 25.0 Å². The maximum absolute atomic E-state index is 6.21. The fourth-order valence-corrected chi connectivity index (χ4v) is 4.08. The molecule has 0 radical (unpaired) electrons. The van der Waals surface area contributed by atoms with Crippen molar-refractivity contribution in [3.63, 3.8) is 0 Å². The Balaban J connectivity index is 1.59. The maximum Gasteiger partial charge on any atom is 0.183 e. The van der Waals surface area contributed by atoms with Gasteiger partial charge in [-0.05, 0) is 42.2 Å². The van der Waals surface area contributed by atoms with Crippen LogP contribution in [-0.4, -0.2) is 6.23 Å². The first-order valence-corrected chi connectivity index (χ1v) is 8.45.